The van der Waals surface area contributed by atoms with Crippen molar-refractivity contribution in [1.29, 1.82) is 0 Å². The summed E-state index contributed by atoms with van der Waals surface area (Å²) in [6, 6.07) is 12.4. The van der Waals surface area contributed by atoms with Crippen molar-refractivity contribution < 1.29 is 4.79 Å². The zero-order valence-electron chi connectivity index (χ0n) is 15.4. The molecule has 2 aromatic rings. The van der Waals surface area contributed by atoms with Gasteiger partial charge >= 0.3 is 0 Å². The molecule has 1 aliphatic heterocycles. The summed E-state index contributed by atoms with van der Waals surface area (Å²) in [5.41, 5.74) is 2.09. The molecule has 2 fully saturated rings. The first-order valence-corrected chi connectivity index (χ1v) is 10.7. The Hall–Kier alpha value is -1.50. The average molecular weight is 407 g/mol. The molecule has 5 nitrogen and oxygen atoms in total. The van der Waals surface area contributed by atoms with Crippen LogP contribution in [0.4, 0.5) is 5.82 Å². The van der Waals surface area contributed by atoms with Crippen molar-refractivity contribution >= 4 is 35.9 Å². The number of halogens is 1. The third-order valence-electron chi connectivity index (χ3n) is 5.20. The molecule has 1 aromatic heterocycles. The minimum absolute atomic E-state index is 0. The third kappa shape index (κ3) is 5.06. The molecule has 27 heavy (non-hydrogen) atoms. The summed E-state index contributed by atoms with van der Waals surface area (Å²) in [5, 5.41) is 11.4. The van der Waals surface area contributed by atoms with Gasteiger partial charge in [-0.05, 0) is 25.0 Å². The number of amides is 1. The van der Waals surface area contributed by atoms with Crippen LogP contribution in [-0.2, 0) is 4.79 Å². The first-order valence-electron chi connectivity index (χ1n) is 9.56. The first kappa shape index (κ1) is 20.2. The minimum atomic E-state index is 0. The topological polar surface area (TPSA) is 59.0 Å². The van der Waals surface area contributed by atoms with Crippen molar-refractivity contribution in [2.24, 2.45) is 0 Å². The Morgan fingerprint density at radius 2 is 2.04 bits per heavy atom. The van der Waals surface area contributed by atoms with Gasteiger partial charge in [0.2, 0.25) is 5.91 Å². The molecule has 1 aromatic carbocycles. The molecule has 7 heteroatoms. The second-order valence-electron chi connectivity index (χ2n) is 7.16. The fraction of sp³-hybridized carbons (Fsp3) is 0.500. The lowest BCUT2D eigenvalue weighted by Crippen LogP contribution is -2.40. The number of aromatic nitrogens is 2. The van der Waals surface area contributed by atoms with Crippen molar-refractivity contribution in [3.63, 3.8) is 0 Å². The van der Waals surface area contributed by atoms with Crippen LogP contribution in [0.1, 0.15) is 43.7 Å². The quantitative estimate of drug-likeness (QED) is 0.788. The normalized spacial score (nSPS) is 20.2. The number of carbonyl (C=O) groups excluding carboxylic acids is 1. The Kier molecular flexibility index (Phi) is 7.21. The number of rotatable bonds is 5. The Morgan fingerprint density at radius 3 is 2.74 bits per heavy atom. The Labute approximate surface area is 171 Å². The van der Waals surface area contributed by atoms with Gasteiger partial charge in [-0.2, -0.15) is 16.9 Å². The standard InChI is InChI=1S/C20H26N4OS.ClH/c25-20(12-16-14-26-11-10-21-16)22-19-13-18(15-6-4-5-7-15)23-24(19)17-8-2-1-3-9-17;/h1-3,8-9,13,15-16,21H,4-7,10-12,14H2,(H,22,25);1H. The molecule has 1 saturated carbocycles. The van der Waals surface area contributed by atoms with Crippen LogP contribution >= 0.6 is 24.2 Å². The highest BCUT2D eigenvalue weighted by Crippen LogP contribution is 2.35. The predicted molar refractivity (Wildman–Crippen MR) is 114 cm³/mol. The predicted octanol–water partition coefficient (Wildman–Crippen LogP) is 3.99. The monoisotopic (exact) mass is 406 g/mol. The zero-order chi connectivity index (χ0) is 17.8. The van der Waals surface area contributed by atoms with E-state index in [0.29, 0.717) is 12.3 Å². The van der Waals surface area contributed by atoms with Crippen LogP contribution in [0, 0.1) is 0 Å². The van der Waals surface area contributed by atoms with Gasteiger partial charge in [-0.3, -0.25) is 4.79 Å². The van der Waals surface area contributed by atoms with Crippen LogP contribution < -0.4 is 10.6 Å². The number of hydrogen-bond donors (Lipinski definition) is 2. The second kappa shape index (κ2) is 9.62. The summed E-state index contributed by atoms with van der Waals surface area (Å²) < 4.78 is 1.88. The Morgan fingerprint density at radius 1 is 1.26 bits per heavy atom. The van der Waals surface area contributed by atoms with E-state index >= 15 is 0 Å². The van der Waals surface area contributed by atoms with Crippen molar-refractivity contribution in [2.45, 2.75) is 44.1 Å². The van der Waals surface area contributed by atoms with Gasteiger partial charge in [-0.1, -0.05) is 31.0 Å². The van der Waals surface area contributed by atoms with Crippen LogP contribution in [-0.4, -0.2) is 39.8 Å². The van der Waals surface area contributed by atoms with E-state index in [1.54, 1.807) is 0 Å². The van der Waals surface area contributed by atoms with Gasteiger partial charge in [-0.25, -0.2) is 4.68 Å². The minimum Gasteiger partial charge on any atom is -0.312 e. The van der Waals surface area contributed by atoms with Crippen molar-refractivity contribution in [2.75, 3.05) is 23.4 Å². The largest absolute Gasteiger partial charge is 0.312 e. The molecule has 1 saturated heterocycles. The van der Waals surface area contributed by atoms with Gasteiger partial charge in [0.1, 0.15) is 5.82 Å². The second-order valence-corrected chi connectivity index (χ2v) is 8.31. The van der Waals surface area contributed by atoms with Gasteiger partial charge in [-0.15, -0.1) is 12.4 Å². The number of hydrogen-bond acceptors (Lipinski definition) is 4. The van der Waals surface area contributed by atoms with E-state index in [4.69, 9.17) is 5.10 Å². The van der Waals surface area contributed by atoms with E-state index in [-0.39, 0.29) is 24.4 Å². The molecule has 2 aliphatic rings. The van der Waals surface area contributed by atoms with Gasteiger partial charge < -0.3 is 10.6 Å². The molecule has 2 N–H and O–H groups in total. The summed E-state index contributed by atoms with van der Waals surface area (Å²) in [7, 11) is 0. The molecule has 4 rings (SSSR count). The van der Waals surface area contributed by atoms with Gasteiger partial charge in [0.05, 0.1) is 11.4 Å². The molecule has 1 atom stereocenters. The fourth-order valence-electron chi connectivity index (χ4n) is 3.84. The van der Waals surface area contributed by atoms with Crippen molar-refractivity contribution in [3.05, 3.63) is 42.1 Å². The van der Waals surface area contributed by atoms with Gasteiger partial charge in [0, 0.05) is 42.5 Å². The number of anilines is 1. The molecule has 146 valence electrons. The Bertz CT molecular complexity index is 740. The molecule has 0 radical (unpaired) electrons. The fourth-order valence-corrected chi connectivity index (χ4v) is 4.79. The number of benzene rings is 1. The zero-order valence-corrected chi connectivity index (χ0v) is 17.0. The maximum absolute atomic E-state index is 12.6. The molecule has 1 aliphatic carbocycles. The number of para-hydroxylation sites is 1. The third-order valence-corrected chi connectivity index (χ3v) is 6.33. The lowest BCUT2D eigenvalue weighted by Gasteiger charge is -2.22. The molecule has 0 bridgehead atoms. The summed E-state index contributed by atoms with van der Waals surface area (Å²) in [5.74, 6) is 3.49. The molecule has 2 heterocycles. The van der Waals surface area contributed by atoms with E-state index in [9.17, 15) is 4.79 Å². The van der Waals surface area contributed by atoms with Gasteiger partial charge in [0.15, 0.2) is 0 Å². The number of carbonyl (C=O) groups is 1. The maximum Gasteiger partial charge on any atom is 0.227 e. The lowest BCUT2D eigenvalue weighted by atomic mass is 10.0. The van der Waals surface area contributed by atoms with E-state index in [1.165, 1.54) is 25.7 Å². The summed E-state index contributed by atoms with van der Waals surface area (Å²) in [4.78, 5) is 12.6. The van der Waals surface area contributed by atoms with Crippen LogP contribution in [0.15, 0.2) is 36.4 Å². The van der Waals surface area contributed by atoms with E-state index in [1.807, 2.05) is 46.8 Å². The Balaban J connectivity index is 0.00000210. The summed E-state index contributed by atoms with van der Waals surface area (Å²) in [6.45, 7) is 0.983. The molecule has 1 amide bonds. The maximum atomic E-state index is 12.6. The molecule has 1 unspecified atom stereocenters. The van der Waals surface area contributed by atoms with Crippen LogP contribution in [0.5, 0.6) is 0 Å². The van der Waals surface area contributed by atoms with Crippen LogP contribution in [0.25, 0.3) is 5.69 Å². The summed E-state index contributed by atoms with van der Waals surface area (Å²) >= 11 is 1.91. The van der Waals surface area contributed by atoms with Crippen LogP contribution in [0.3, 0.4) is 0 Å². The van der Waals surface area contributed by atoms with Crippen molar-refractivity contribution in [1.82, 2.24) is 15.1 Å². The lowest BCUT2D eigenvalue weighted by molar-refractivity contribution is -0.116. The molecule has 0 spiro atoms. The smallest absolute Gasteiger partial charge is 0.227 e. The number of nitrogens with one attached hydrogen (secondary N) is 2. The van der Waals surface area contributed by atoms with E-state index < -0.39 is 0 Å². The first-order chi connectivity index (χ1) is 12.8. The number of nitrogens with zero attached hydrogens (tertiary/aromatic N) is 2. The SMILES string of the molecule is Cl.O=C(CC1CSCCN1)Nc1cc(C2CCCC2)nn1-c1ccccc1. The highest BCUT2D eigenvalue weighted by molar-refractivity contribution is 7.99. The van der Waals surface area contributed by atoms with Gasteiger partial charge in [0.25, 0.3) is 0 Å². The number of thioether (sulfide) groups is 1. The van der Waals surface area contributed by atoms with Crippen LogP contribution in [0.2, 0.25) is 0 Å². The highest BCUT2D eigenvalue weighted by atomic mass is 35.5. The summed E-state index contributed by atoms with van der Waals surface area (Å²) in [6.07, 6.45) is 5.45. The molecular formula is C20H27ClN4OS. The highest BCUT2D eigenvalue weighted by Gasteiger charge is 2.23. The average Bonchev–Trinajstić information content (AvgIpc) is 3.33. The van der Waals surface area contributed by atoms with Crippen molar-refractivity contribution in [3.8, 4) is 5.69 Å². The van der Waals surface area contributed by atoms with E-state index in [0.717, 1.165) is 35.2 Å². The molecular weight excluding hydrogens is 380 g/mol. The van der Waals surface area contributed by atoms with E-state index in [2.05, 4.69) is 16.7 Å².